The molecule has 1 fully saturated rings. The van der Waals surface area contributed by atoms with Crippen molar-refractivity contribution in [1.29, 1.82) is 0 Å². The zero-order chi connectivity index (χ0) is 14.8. The molecule has 1 aliphatic heterocycles. The molecule has 1 aromatic carbocycles. The summed E-state index contributed by atoms with van der Waals surface area (Å²) in [6.45, 7) is 3.26. The Morgan fingerprint density at radius 1 is 1.14 bits per heavy atom. The lowest BCUT2D eigenvalue weighted by Crippen LogP contribution is -2.45. The van der Waals surface area contributed by atoms with Gasteiger partial charge in [-0.1, -0.05) is 23.2 Å². The fourth-order valence-corrected chi connectivity index (χ4v) is 3.10. The Morgan fingerprint density at radius 2 is 1.86 bits per heavy atom. The maximum atomic E-state index is 14.6. The van der Waals surface area contributed by atoms with Crippen LogP contribution in [0.2, 0.25) is 10.0 Å². The highest BCUT2D eigenvalue weighted by atomic mass is 35.5. The molecule has 0 bridgehead atoms. The third-order valence-electron chi connectivity index (χ3n) is 3.68. The molecule has 1 aromatic heterocycles. The van der Waals surface area contributed by atoms with E-state index in [-0.39, 0.29) is 11.1 Å². The molecule has 0 amide bonds. The van der Waals surface area contributed by atoms with Crippen molar-refractivity contribution in [3.8, 4) is 0 Å². The van der Waals surface area contributed by atoms with Gasteiger partial charge in [0.2, 0.25) is 0 Å². The first-order chi connectivity index (χ1) is 10.2. The monoisotopic (exact) mass is 328 g/mol. The summed E-state index contributed by atoms with van der Waals surface area (Å²) in [6, 6.07) is 6.36. The number of hydrogen-bond acceptors (Lipinski definition) is 3. The van der Waals surface area contributed by atoms with E-state index >= 15 is 0 Å². The predicted molar refractivity (Wildman–Crippen MR) is 81.4 cm³/mol. The summed E-state index contributed by atoms with van der Waals surface area (Å²) in [5.74, 6) is 0.184. The van der Waals surface area contributed by atoms with Gasteiger partial charge in [-0.3, -0.25) is 4.90 Å². The minimum Gasteiger partial charge on any atom is -0.467 e. The molecule has 1 saturated heterocycles. The molecular weight excluding hydrogens is 314 g/mol. The highest BCUT2D eigenvalue weighted by Gasteiger charge is 2.31. The second-order valence-corrected chi connectivity index (χ2v) is 5.78. The summed E-state index contributed by atoms with van der Waals surface area (Å²) in [5.41, 5.74) is 0.376. The summed E-state index contributed by atoms with van der Waals surface area (Å²) < 4.78 is 20.1. The Hall–Kier alpha value is -1.07. The molecule has 112 valence electrons. The SMILES string of the molecule is Fc1c(Cl)ccc(Cl)c1[C@@H](c1ccco1)N1CCNCC1. The molecule has 0 radical (unpaired) electrons. The largest absolute Gasteiger partial charge is 0.467 e. The van der Waals surface area contributed by atoms with Crippen molar-refractivity contribution in [3.63, 3.8) is 0 Å². The van der Waals surface area contributed by atoms with Crippen LogP contribution in [-0.2, 0) is 0 Å². The molecule has 1 N–H and O–H groups in total. The lowest BCUT2D eigenvalue weighted by atomic mass is 10.0. The van der Waals surface area contributed by atoms with E-state index in [1.165, 1.54) is 6.07 Å². The first-order valence-corrected chi connectivity index (χ1v) is 7.55. The first kappa shape index (κ1) is 14.9. The average molecular weight is 329 g/mol. The zero-order valence-corrected chi connectivity index (χ0v) is 12.8. The average Bonchev–Trinajstić information content (AvgIpc) is 3.02. The second kappa shape index (κ2) is 6.36. The third-order valence-corrected chi connectivity index (χ3v) is 4.30. The van der Waals surface area contributed by atoms with E-state index < -0.39 is 5.82 Å². The Bertz CT molecular complexity index is 612. The minimum absolute atomic E-state index is 0.0705. The topological polar surface area (TPSA) is 28.4 Å². The van der Waals surface area contributed by atoms with Gasteiger partial charge < -0.3 is 9.73 Å². The Morgan fingerprint density at radius 3 is 2.52 bits per heavy atom. The predicted octanol–water partition coefficient (Wildman–Crippen LogP) is 3.72. The number of halogens is 3. The van der Waals surface area contributed by atoms with Gasteiger partial charge in [-0.15, -0.1) is 0 Å². The molecule has 2 heterocycles. The van der Waals surface area contributed by atoms with E-state index in [0.29, 0.717) is 16.3 Å². The summed E-state index contributed by atoms with van der Waals surface area (Å²) in [4.78, 5) is 2.15. The van der Waals surface area contributed by atoms with Crippen molar-refractivity contribution in [2.45, 2.75) is 6.04 Å². The number of rotatable bonds is 3. The summed E-state index contributed by atoms with van der Waals surface area (Å²) in [7, 11) is 0. The molecule has 3 nitrogen and oxygen atoms in total. The lowest BCUT2D eigenvalue weighted by Gasteiger charge is -2.34. The number of furan rings is 1. The highest BCUT2D eigenvalue weighted by molar-refractivity contribution is 6.33. The first-order valence-electron chi connectivity index (χ1n) is 6.80. The molecule has 0 spiro atoms. The van der Waals surface area contributed by atoms with Crippen molar-refractivity contribution in [3.05, 3.63) is 57.7 Å². The summed E-state index contributed by atoms with van der Waals surface area (Å²) in [6.07, 6.45) is 1.58. The molecule has 0 unspecified atom stereocenters. The number of piperazine rings is 1. The quantitative estimate of drug-likeness (QED) is 0.870. The van der Waals surface area contributed by atoms with E-state index in [4.69, 9.17) is 27.6 Å². The summed E-state index contributed by atoms with van der Waals surface area (Å²) in [5, 5.41) is 3.71. The smallest absolute Gasteiger partial charge is 0.148 e. The van der Waals surface area contributed by atoms with Crippen LogP contribution in [0.1, 0.15) is 17.4 Å². The van der Waals surface area contributed by atoms with Gasteiger partial charge in [0.1, 0.15) is 11.6 Å². The second-order valence-electron chi connectivity index (χ2n) is 4.96. The third kappa shape index (κ3) is 2.94. The molecule has 0 aliphatic carbocycles. The Labute approximate surface area is 132 Å². The van der Waals surface area contributed by atoms with Crippen LogP contribution in [0.5, 0.6) is 0 Å². The summed E-state index contributed by atoms with van der Waals surface area (Å²) >= 11 is 12.2. The molecule has 2 aromatic rings. The lowest BCUT2D eigenvalue weighted by molar-refractivity contribution is 0.177. The number of benzene rings is 1. The van der Waals surface area contributed by atoms with E-state index in [2.05, 4.69) is 10.2 Å². The van der Waals surface area contributed by atoms with Crippen LogP contribution in [-0.4, -0.2) is 31.1 Å². The van der Waals surface area contributed by atoms with Crippen LogP contribution >= 0.6 is 23.2 Å². The van der Waals surface area contributed by atoms with Crippen molar-refractivity contribution >= 4 is 23.2 Å². The standard InChI is InChI=1S/C15H15Cl2FN2O/c16-10-3-4-11(17)14(18)13(10)15(12-2-1-9-21-12)20-7-5-19-6-8-20/h1-4,9,15,19H,5-8H2/t15-/m1/s1. The van der Waals surface area contributed by atoms with E-state index in [0.717, 1.165) is 26.2 Å². The number of hydrogen-bond donors (Lipinski definition) is 1. The van der Waals surface area contributed by atoms with Gasteiger partial charge in [0.15, 0.2) is 0 Å². The molecule has 3 rings (SSSR count). The maximum absolute atomic E-state index is 14.6. The van der Waals surface area contributed by atoms with E-state index in [9.17, 15) is 4.39 Å². The Balaban J connectivity index is 2.09. The van der Waals surface area contributed by atoms with Crippen LogP contribution in [0.4, 0.5) is 4.39 Å². The van der Waals surface area contributed by atoms with E-state index in [1.807, 2.05) is 6.07 Å². The normalized spacial score (nSPS) is 17.9. The van der Waals surface area contributed by atoms with Crippen LogP contribution in [0.15, 0.2) is 34.9 Å². The molecule has 6 heteroatoms. The highest BCUT2D eigenvalue weighted by Crippen LogP contribution is 2.37. The van der Waals surface area contributed by atoms with Gasteiger partial charge in [-0.05, 0) is 24.3 Å². The number of nitrogens with one attached hydrogen (secondary N) is 1. The van der Waals surface area contributed by atoms with Gasteiger partial charge in [-0.25, -0.2) is 4.39 Å². The van der Waals surface area contributed by atoms with E-state index in [1.54, 1.807) is 18.4 Å². The zero-order valence-electron chi connectivity index (χ0n) is 11.3. The molecular formula is C15H15Cl2FN2O. The van der Waals surface area contributed by atoms with Crippen LogP contribution in [0, 0.1) is 5.82 Å². The molecule has 1 atom stereocenters. The van der Waals surface area contributed by atoms with Crippen molar-refractivity contribution in [2.24, 2.45) is 0 Å². The molecule has 0 saturated carbocycles. The molecule has 21 heavy (non-hydrogen) atoms. The van der Waals surface area contributed by atoms with Crippen LogP contribution < -0.4 is 5.32 Å². The van der Waals surface area contributed by atoms with Gasteiger partial charge in [0, 0.05) is 36.8 Å². The fraction of sp³-hybridized carbons (Fsp3) is 0.333. The minimum atomic E-state index is -0.482. The molecule has 1 aliphatic rings. The van der Waals surface area contributed by atoms with Crippen molar-refractivity contribution < 1.29 is 8.81 Å². The Kier molecular flexibility index (Phi) is 4.50. The van der Waals surface area contributed by atoms with Crippen molar-refractivity contribution in [2.75, 3.05) is 26.2 Å². The van der Waals surface area contributed by atoms with Crippen LogP contribution in [0.25, 0.3) is 0 Å². The van der Waals surface area contributed by atoms with Gasteiger partial charge in [-0.2, -0.15) is 0 Å². The van der Waals surface area contributed by atoms with Crippen molar-refractivity contribution in [1.82, 2.24) is 10.2 Å². The van der Waals surface area contributed by atoms with Gasteiger partial charge in [0.25, 0.3) is 0 Å². The van der Waals surface area contributed by atoms with Crippen LogP contribution in [0.3, 0.4) is 0 Å². The van der Waals surface area contributed by atoms with Gasteiger partial charge in [0.05, 0.1) is 17.3 Å². The fourth-order valence-electron chi connectivity index (χ4n) is 2.69. The maximum Gasteiger partial charge on any atom is 0.148 e. The number of nitrogens with zero attached hydrogens (tertiary/aromatic N) is 1. The van der Waals surface area contributed by atoms with Gasteiger partial charge >= 0.3 is 0 Å².